The van der Waals surface area contributed by atoms with Crippen LogP contribution in [-0.2, 0) is 4.79 Å². The summed E-state index contributed by atoms with van der Waals surface area (Å²) in [7, 11) is 0. The van der Waals surface area contributed by atoms with Crippen molar-refractivity contribution in [2.45, 2.75) is 66.2 Å². The molecule has 1 aromatic carbocycles. The standard InChI is InChI=1S/C25H32ClFO4/c1-8-30-23-17(16(5)20(27)10-9-15(4)11-21(28)29)12-18-19(14(2)3)13-25(6,7)31-24(18)22(23)26/h9-14,16,20H,8H2,1-7H3,(H,28,29). The average molecular weight is 451 g/mol. The van der Waals surface area contributed by atoms with E-state index in [1.807, 2.05) is 26.8 Å². The molecule has 0 saturated carbocycles. The van der Waals surface area contributed by atoms with Crippen LogP contribution in [0.25, 0.3) is 5.57 Å². The molecule has 0 amide bonds. The summed E-state index contributed by atoms with van der Waals surface area (Å²) < 4.78 is 27.1. The largest absolute Gasteiger partial charge is 0.492 e. The number of carboxylic acid groups (broad SMARTS) is 1. The van der Waals surface area contributed by atoms with Crippen molar-refractivity contribution in [2.75, 3.05) is 6.61 Å². The van der Waals surface area contributed by atoms with Crippen LogP contribution < -0.4 is 9.47 Å². The monoisotopic (exact) mass is 450 g/mol. The molecule has 4 nitrogen and oxygen atoms in total. The lowest BCUT2D eigenvalue weighted by Crippen LogP contribution is -2.30. The molecule has 1 N–H and O–H groups in total. The minimum absolute atomic E-state index is 0.226. The number of halogens is 2. The summed E-state index contributed by atoms with van der Waals surface area (Å²) in [5, 5.41) is 9.17. The SMILES string of the molecule is CCOc1c(C(C)C(F)C=CC(C)=CC(=O)O)cc2c(c1Cl)OC(C)(C)C=C2C(C)C. The summed E-state index contributed by atoms with van der Waals surface area (Å²) in [6.07, 6.45) is 4.59. The number of rotatable bonds is 8. The predicted octanol–water partition coefficient (Wildman–Crippen LogP) is 6.98. The van der Waals surface area contributed by atoms with E-state index in [9.17, 15) is 4.79 Å². The van der Waals surface area contributed by atoms with Crippen molar-refractivity contribution < 1.29 is 23.8 Å². The fraction of sp³-hybridized carbons (Fsp3) is 0.480. The van der Waals surface area contributed by atoms with Crippen molar-refractivity contribution >= 4 is 23.1 Å². The van der Waals surface area contributed by atoms with Gasteiger partial charge in [0.05, 0.1) is 6.61 Å². The van der Waals surface area contributed by atoms with E-state index in [1.54, 1.807) is 13.8 Å². The van der Waals surface area contributed by atoms with Crippen LogP contribution in [0.15, 0.2) is 35.9 Å². The third-order valence-corrected chi connectivity index (χ3v) is 5.50. The highest BCUT2D eigenvalue weighted by Gasteiger charge is 2.33. The predicted molar refractivity (Wildman–Crippen MR) is 124 cm³/mol. The third-order valence-electron chi connectivity index (χ3n) is 5.16. The van der Waals surface area contributed by atoms with Crippen LogP contribution in [0.4, 0.5) is 4.39 Å². The molecule has 0 saturated heterocycles. The van der Waals surface area contributed by atoms with Crippen LogP contribution in [0.2, 0.25) is 5.02 Å². The molecule has 170 valence electrons. The number of carboxylic acids is 1. The van der Waals surface area contributed by atoms with Gasteiger partial charge in [-0.2, -0.15) is 0 Å². The van der Waals surface area contributed by atoms with Crippen molar-refractivity contribution in [3.8, 4) is 11.5 Å². The quantitative estimate of drug-likeness (QED) is 0.343. The number of fused-ring (bicyclic) bond motifs is 1. The van der Waals surface area contributed by atoms with Crippen LogP contribution in [0.1, 0.15) is 65.5 Å². The summed E-state index contributed by atoms with van der Waals surface area (Å²) in [4.78, 5) is 10.8. The summed E-state index contributed by atoms with van der Waals surface area (Å²) in [5.74, 6) is -0.430. The second-order valence-electron chi connectivity index (χ2n) is 8.70. The number of allylic oxidation sites excluding steroid dienone is 4. The molecular weight excluding hydrogens is 419 g/mol. The number of carbonyl (C=O) groups is 1. The number of aliphatic carboxylic acids is 1. The van der Waals surface area contributed by atoms with Gasteiger partial charge >= 0.3 is 5.97 Å². The maximum atomic E-state index is 15.1. The van der Waals surface area contributed by atoms with Crippen LogP contribution in [0, 0.1) is 5.92 Å². The zero-order chi connectivity index (χ0) is 23.5. The lowest BCUT2D eigenvalue weighted by Gasteiger charge is -2.34. The normalized spacial score (nSPS) is 17.7. The van der Waals surface area contributed by atoms with Crippen LogP contribution in [0.5, 0.6) is 11.5 Å². The zero-order valence-electron chi connectivity index (χ0n) is 19.3. The Morgan fingerprint density at radius 1 is 1.35 bits per heavy atom. The van der Waals surface area contributed by atoms with E-state index in [-0.39, 0.29) is 5.92 Å². The molecule has 1 aliphatic heterocycles. The van der Waals surface area contributed by atoms with Gasteiger partial charge in [-0.3, -0.25) is 0 Å². The Morgan fingerprint density at radius 3 is 2.55 bits per heavy atom. The first-order chi connectivity index (χ1) is 14.4. The molecular formula is C25H32ClFO4. The van der Waals surface area contributed by atoms with Gasteiger partial charge in [0.25, 0.3) is 0 Å². The van der Waals surface area contributed by atoms with Gasteiger partial charge in [-0.15, -0.1) is 0 Å². The molecule has 2 unspecified atom stereocenters. The lowest BCUT2D eigenvalue weighted by molar-refractivity contribution is -0.131. The fourth-order valence-corrected chi connectivity index (χ4v) is 3.93. The number of alkyl halides is 1. The number of hydrogen-bond donors (Lipinski definition) is 1. The molecule has 0 aliphatic carbocycles. The summed E-state index contributed by atoms with van der Waals surface area (Å²) in [6.45, 7) is 13.7. The Balaban J connectivity index is 2.57. The Morgan fingerprint density at radius 2 is 2.00 bits per heavy atom. The van der Waals surface area contributed by atoms with Gasteiger partial charge in [-0.05, 0) is 63.0 Å². The van der Waals surface area contributed by atoms with Crippen LogP contribution in [-0.4, -0.2) is 29.5 Å². The summed E-state index contributed by atoms with van der Waals surface area (Å²) in [5.41, 5.74) is 2.53. The van der Waals surface area contributed by atoms with Crippen molar-refractivity contribution in [3.05, 3.63) is 52.1 Å². The average Bonchev–Trinajstić information content (AvgIpc) is 2.66. The molecule has 1 heterocycles. The summed E-state index contributed by atoms with van der Waals surface area (Å²) >= 11 is 6.75. The molecule has 2 atom stereocenters. The minimum atomic E-state index is -1.36. The molecule has 0 radical (unpaired) electrons. The number of hydrogen-bond acceptors (Lipinski definition) is 3. The first kappa shape index (κ1) is 25.0. The molecule has 0 fully saturated rings. The van der Waals surface area contributed by atoms with Crippen molar-refractivity contribution in [1.82, 2.24) is 0 Å². The lowest BCUT2D eigenvalue weighted by atomic mass is 9.84. The third kappa shape index (κ3) is 5.91. The van der Waals surface area contributed by atoms with Gasteiger partial charge in [0, 0.05) is 23.1 Å². The van der Waals surface area contributed by atoms with E-state index in [0.29, 0.717) is 34.3 Å². The number of ether oxygens (including phenoxy) is 2. The van der Waals surface area contributed by atoms with Gasteiger partial charge in [0.1, 0.15) is 22.5 Å². The zero-order valence-corrected chi connectivity index (χ0v) is 20.0. The Hall–Kier alpha value is -2.27. The Kier molecular flexibility index (Phi) is 7.98. The Bertz CT molecular complexity index is 928. The maximum absolute atomic E-state index is 15.1. The van der Waals surface area contributed by atoms with Crippen LogP contribution >= 0.6 is 11.6 Å². The maximum Gasteiger partial charge on any atom is 0.328 e. The fourth-order valence-electron chi connectivity index (χ4n) is 3.63. The molecule has 31 heavy (non-hydrogen) atoms. The van der Waals surface area contributed by atoms with E-state index in [2.05, 4.69) is 19.9 Å². The smallest absolute Gasteiger partial charge is 0.328 e. The van der Waals surface area contributed by atoms with Gasteiger partial charge in [-0.25, -0.2) is 9.18 Å². The van der Waals surface area contributed by atoms with E-state index in [1.165, 1.54) is 12.2 Å². The van der Waals surface area contributed by atoms with Gasteiger partial charge in [-0.1, -0.05) is 38.4 Å². The van der Waals surface area contributed by atoms with Crippen molar-refractivity contribution in [2.24, 2.45) is 5.92 Å². The molecule has 2 rings (SSSR count). The minimum Gasteiger partial charge on any atom is -0.492 e. The highest BCUT2D eigenvalue weighted by molar-refractivity contribution is 6.34. The molecule has 1 aromatic rings. The molecule has 1 aliphatic rings. The molecule has 6 heteroatoms. The highest BCUT2D eigenvalue weighted by atomic mass is 35.5. The molecule has 0 bridgehead atoms. The number of benzene rings is 1. The second-order valence-corrected chi connectivity index (χ2v) is 9.08. The Labute approximate surface area is 189 Å². The van der Waals surface area contributed by atoms with E-state index < -0.39 is 23.7 Å². The van der Waals surface area contributed by atoms with E-state index >= 15 is 4.39 Å². The van der Waals surface area contributed by atoms with Gasteiger partial charge in [0.2, 0.25) is 0 Å². The van der Waals surface area contributed by atoms with Gasteiger partial charge < -0.3 is 14.6 Å². The van der Waals surface area contributed by atoms with E-state index in [0.717, 1.165) is 17.2 Å². The van der Waals surface area contributed by atoms with Crippen molar-refractivity contribution in [1.29, 1.82) is 0 Å². The molecule has 0 spiro atoms. The van der Waals surface area contributed by atoms with Gasteiger partial charge in [0.15, 0.2) is 5.75 Å². The summed E-state index contributed by atoms with van der Waals surface area (Å²) in [6, 6.07) is 1.91. The molecule has 0 aromatic heterocycles. The van der Waals surface area contributed by atoms with Crippen LogP contribution in [0.3, 0.4) is 0 Å². The first-order valence-corrected chi connectivity index (χ1v) is 10.9. The van der Waals surface area contributed by atoms with Crippen molar-refractivity contribution in [3.63, 3.8) is 0 Å². The van der Waals surface area contributed by atoms with E-state index in [4.69, 9.17) is 26.2 Å². The second kappa shape index (κ2) is 9.90. The first-order valence-electron chi connectivity index (χ1n) is 10.5. The highest BCUT2D eigenvalue weighted by Crippen LogP contribution is 2.50. The topological polar surface area (TPSA) is 55.8 Å².